The van der Waals surface area contributed by atoms with Gasteiger partial charge in [0.1, 0.15) is 0 Å². The van der Waals surface area contributed by atoms with Crippen LogP contribution in [0.25, 0.3) is 0 Å². The Morgan fingerprint density at radius 2 is 1.93 bits per heavy atom. The maximum Gasteiger partial charge on any atom is 0.0510 e. The van der Waals surface area contributed by atoms with Crippen molar-refractivity contribution in [3.8, 4) is 0 Å². The Balaban J connectivity index is 3.02. The molecular weight excluding hydrogens is 176 g/mol. The van der Waals surface area contributed by atoms with Crippen molar-refractivity contribution in [2.45, 2.75) is 19.8 Å². The zero-order valence-corrected chi connectivity index (χ0v) is 9.08. The van der Waals surface area contributed by atoms with Crippen LogP contribution in [0.3, 0.4) is 0 Å². The molecule has 0 heterocycles. The second-order valence-electron chi connectivity index (χ2n) is 2.91. The van der Waals surface area contributed by atoms with Crippen LogP contribution in [0.5, 0.6) is 0 Å². The third-order valence-corrected chi connectivity index (χ3v) is 1.57. The second-order valence-corrected chi connectivity index (χ2v) is 2.91. The Labute approximate surface area is 86.7 Å². The van der Waals surface area contributed by atoms with Crippen LogP contribution >= 0.6 is 0 Å². The van der Waals surface area contributed by atoms with Crippen LogP contribution in [0.15, 0.2) is 9.98 Å². The molecule has 4 heteroatoms. The van der Waals surface area contributed by atoms with Crippen molar-refractivity contribution in [1.29, 1.82) is 0 Å². The zero-order chi connectivity index (χ0) is 10.5. The molecule has 0 spiro atoms. The fraction of sp³-hybridized carbons (Fsp3) is 0.800. The summed E-state index contributed by atoms with van der Waals surface area (Å²) in [6, 6.07) is 0. The number of nitrogens with one attached hydrogen (secondary N) is 1. The summed E-state index contributed by atoms with van der Waals surface area (Å²) in [5.74, 6) is 0. The van der Waals surface area contributed by atoms with Crippen molar-refractivity contribution in [2.75, 3.05) is 32.7 Å². The molecule has 0 radical (unpaired) electrons. The zero-order valence-electron chi connectivity index (χ0n) is 9.08. The lowest BCUT2D eigenvalue weighted by atomic mass is 10.4. The average molecular weight is 198 g/mol. The lowest BCUT2D eigenvalue weighted by Crippen LogP contribution is -2.19. The van der Waals surface area contributed by atoms with E-state index in [0.717, 1.165) is 39.0 Å². The van der Waals surface area contributed by atoms with Gasteiger partial charge in [0, 0.05) is 19.6 Å². The summed E-state index contributed by atoms with van der Waals surface area (Å²) in [5, 5.41) is 3.28. The molecule has 0 unspecified atom stereocenters. The van der Waals surface area contributed by atoms with E-state index in [-0.39, 0.29) is 0 Å². The molecule has 0 saturated carbocycles. The van der Waals surface area contributed by atoms with Gasteiger partial charge < -0.3 is 11.1 Å². The molecule has 0 aromatic carbocycles. The summed E-state index contributed by atoms with van der Waals surface area (Å²) in [6.07, 6.45) is 5.86. The summed E-state index contributed by atoms with van der Waals surface area (Å²) in [4.78, 5) is 8.32. The first-order valence-electron chi connectivity index (χ1n) is 5.29. The first-order chi connectivity index (χ1) is 6.91. The van der Waals surface area contributed by atoms with Gasteiger partial charge in [0.15, 0.2) is 0 Å². The first-order valence-corrected chi connectivity index (χ1v) is 5.29. The number of aliphatic imine (C=N–C) groups is 2. The Morgan fingerprint density at radius 1 is 1.14 bits per heavy atom. The van der Waals surface area contributed by atoms with Gasteiger partial charge in [-0.3, -0.25) is 9.98 Å². The van der Waals surface area contributed by atoms with E-state index in [4.69, 9.17) is 5.73 Å². The topological polar surface area (TPSA) is 62.8 Å². The third kappa shape index (κ3) is 11.3. The summed E-state index contributed by atoms with van der Waals surface area (Å²) in [7, 11) is 0. The third-order valence-electron chi connectivity index (χ3n) is 1.57. The SMILES string of the molecule is CCC=NCCNCCC=NCCN. The van der Waals surface area contributed by atoms with E-state index >= 15 is 0 Å². The lowest BCUT2D eigenvalue weighted by Gasteiger charge is -1.98. The van der Waals surface area contributed by atoms with Crippen LogP contribution in [0.4, 0.5) is 0 Å². The van der Waals surface area contributed by atoms with Gasteiger partial charge in [-0.1, -0.05) is 6.92 Å². The molecular formula is C10H22N4. The molecule has 0 amide bonds. The minimum absolute atomic E-state index is 0.635. The lowest BCUT2D eigenvalue weighted by molar-refractivity contribution is 0.708. The molecule has 0 rings (SSSR count). The van der Waals surface area contributed by atoms with Gasteiger partial charge in [0.05, 0.1) is 13.1 Å². The molecule has 4 nitrogen and oxygen atoms in total. The molecule has 0 aliphatic heterocycles. The fourth-order valence-electron chi connectivity index (χ4n) is 0.913. The van der Waals surface area contributed by atoms with E-state index in [9.17, 15) is 0 Å². The van der Waals surface area contributed by atoms with Crippen molar-refractivity contribution in [3.63, 3.8) is 0 Å². The van der Waals surface area contributed by atoms with E-state index in [1.54, 1.807) is 0 Å². The molecule has 0 aromatic rings. The standard InChI is InChI=1S/C10H22N4/c1-2-5-12-9-10-14-7-3-6-13-8-4-11/h5-6,14H,2-4,7-11H2,1H3. The van der Waals surface area contributed by atoms with Crippen molar-refractivity contribution < 1.29 is 0 Å². The van der Waals surface area contributed by atoms with Crippen molar-refractivity contribution >= 4 is 12.4 Å². The van der Waals surface area contributed by atoms with Gasteiger partial charge >= 0.3 is 0 Å². The largest absolute Gasteiger partial charge is 0.329 e. The number of hydrogen-bond donors (Lipinski definition) is 2. The summed E-state index contributed by atoms with van der Waals surface area (Å²) in [5.41, 5.74) is 5.29. The number of rotatable bonds is 9. The highest BCUT2D eigenvalue weighted by molar-refractivity contribution is 5.57. The first kappa shape index (κ1) is 13.3. The minimum Gasteiger partial charge on any atom is -0.329 e. The van der Waals surface area contributed by atoms with E-state index in [1.165, 1.54) is 0 Å². The Bertz CT molecular complexity index is 154. The van der Waals surface area contributed by atoms with E-state index in [2.05, 4.69) is 22.2 Å². The predicted molar refractivity (Wildman–Crippen MR) is 63.6 cm³/mol. The van der Waals surface area contributed by atoms with Gasteiger partial charge in [0.25, 0.3) is 0 Å². The van der Waals surface area contributed by atoms with E-state index < -0.39 is 0 Å². The highest BCUT2D eigenvalue weighted by Gasteiger charge is 1.83. The molecule has 82 valence electrons. The van der Waals surface area contributed by atoms with Crippen LogP contribution < -0.4 is 11.1 Å². The Kier molecular flexibility index (Phi) is 11.6. The van der Waals surface area contributed by atoms with Crippen molar-refractivity contribution in [3.05, 3.63) is 0 Å². The molecule has 0 aliphatic rings. The average Bonchev–Trinajstić information content (AvgIpc) is 2.21. The second kappa shape index (κ2) is 12.3. The molecule has 0 aliphatic carbocycles. The highest BCUT2D eigenvalue weighted by atomic mass is 14.9. The van der Waals surface area contributed by atoms with Crippen LogP contribution in [0.2, 0.25) is 0 Å². The molecule has 0 fully saturated rings. The van der Waals surface area contributed by atoms with Crippen LogP contribution in [-0.2, 0) is 0 Å². The number of hydrogen-bond acceptors (Lipinski definition) is 4. The summed E-state index contributed by atoms with van der Waals surface area (Å²) < 4.78 is 0. The highest BCUT2D eigenvalue weighted by Crippen LogP contribution is 1.74. The summed E-state index contributed by atoms with van der Waals surface area (Å²) in [6.45, 7) is 6.24. The predicted octanol–water partition coefficient (Wildman–Crippen LogP) is 0.476. The maximum absolute atomic E-state index is 5.29. The molecule has 14 heavy (non-hydrogen) atoms. The quantitative estimate of drug-likeness (QED) is 0.418. The van der Waals surface area contributed by atoms with Crippen LogP contribution in [-0.4, -0.2) is 45.2 Å². The maximum atomic E-state index is 5.29. The normalized spacial score (nSPS) is 11.9. The Hall–Kier alpha value is -0.740. The van der Waals surface area contributed by atoms with Gasteiger partial charge in [-0.2, -0.15) is 0 Å². The van der Waals surface area contributed by atoms with Crippen LogP contribution in [0.1, 0.15) is 19.8 Å². The van der Waals surface area contributed by atoms with Crippen LogP contribution in [0, 0.1) is 0 Å². The molecule has 0 bridgehead atoms. The van der Waals surface area contributed by atoms with Gasteiger partial charge in [-0.15, -0.1) is 0 Å². The molecule has 0 atom stereocenters. The molecule has 0 saturated heterocycles. The van der Waals surface area contributed by atoms with Crippen molar-refractivity contribution in [1.82, 2.24) is 5.32 Å². The fourth-order valence-corrected chi connectivity index (χ4v) is 0.913. The van der Waals surface area contributed by atoms with Gasteiger partial charge in [-0.25, -0.2) is 0 Å². The molecule has 0 aromatic heterocycles. The minimum atomic E-state index is 0.635. The number of nitrogens with two attached hydrogens (primary N) is 1. The van der Waals surface area contributed by atoms with Crippen molar-refractivity contribution in [2.24, 2.45) is 15.7 Å². The Morgan fingerprint density at radius 3 is 2.64 bits per heavy atom. The molecule has 3 N–H and O–H groups in total. The summed E-state index contributed by atoms with van der Waals surface area (Å²) >= 11 is 0. The smallest absolute Gasteiger partial charge is 0.0510 e. The monoisotopic (exact) mass is 198 g/mol. The van der Waals surface area contributed by atoms with E-state index in [0.29, 0.717) is 6.54 Å². The van der Waals surface area contributed by atoms with Gasteiger partial charge in [0.2, 0.25) is 0 Å². The van der Waals surface area contributed by atoms with Gasteiger partial charge in [-0.05, 0) is 25.3 Å². The van der Waals surface area contributed by atoms with E-state index in [1.807, 2.05) is 12.4 Å². The number of nitrogens with zero attached hydrogens (tertiary/aromatic N) is 2.